The molecule has 5 heteroatoms. The normalized spacial score (nSPS) is 19.2. The second-order valence-electron chi connectivity index (χ2n) is 6.05. The Kier molecular flexibility index (Phi) is 4.66. The van der Waals surface area contributed by atoms with Crippen molar-refractivity contribution in [1.29, 1.82) is 0 Å². The van der Waals surface area contributed by atoms with Crippen molar-refractivity contribution in [3.63, 3.8) is 0 Å². The number of aromatic nitrogens is 1. The van der Waals surface area contributed by atoms with Crippen LogP contribution in [0.25, 0.3) is 10.9 Å². The SMILES string of the molecule is CC1(C)OB(c2cnc3ccccc3c2)OC1(C)C.CS. The van der Waals surface area contributed by atoms with Crippen LogP contribution in [0.1, 0.15) is 27.7 Å². The Labute approximate surface area is 132 Å². The topological polar surface area (TPSA) is 31.4 Å². The standard InChI is InChI=1S/C15H18BNO2.CH4S/c1-14(2)15(3,4)19-16(18-14)12-9-11-7-5-6-8-13(11)17-10-12;1-2/h5-10H,1-4H3;2H,1H3. The van der Waals surface area contributed by atoms with Gasteiger partial charge >= 0.3 is 7.12 Å². The summed E-state index contributed by atoms with van der Waals surface area (Å²) in [5.41, 5.74) is 1.33. The number of thiol groups is 1. The Hall–Kier alpha value is -1.04. The van der Waals surface area contributed by atoms with Crippen molar-refractivity contribution < 1.29 is 9.31 Å². The maximum Gasteiger partial charge on any atom is 0.496 e. The van der Waals surface area contributed by atoms with E-state index in [9.17, 15) is 0 Å². The maximum absolute atomic E-state index is 6.04. The van der Waals surface area contributed by atoms with Crippen LogP contribution in [-0.4, -0.2) is 29.6 Å². The lowest BCUT2D eigenvalue weighted by Gasteiger charge is -2.32. The van der Waals surface area contributed by atoms with Crippen LogP contribution < -0.4 is 5.46 Å². The van der Waals surface area contributed by atoms with E-state index in [1.807, 2.05) is 24.4 Å². The van der Waals surface area contributed by atoms with E-state index in [1.54, 1.807) is 6.26 Å². The third kappa shape index (κ3) is 3.10. The third-order valence-corrected chi connectivity index (χ3v) is 4.14. The van der Waals surface area contributed by atoms with Gasteiger partial charge in [0, 0.05) is 11.7 Å². The zero-order valence-corrected chi connectivity index (χ0v) is 14.1. The summed E-state index contributed by atoms with van der Waals surface area (Å²) in [6.07, 6.45) is 3.53. The maximum atomic E-state index is 6.04. The summed E-state index contributed by atoms with van der Waals surface area (Å²) in [5.74, 6) is 0. The lowest BCUT2D eigenvalue weighted by atomic mass is 9.80. The number of fused-ring (bicyclic) bond motifs is 1. The summed E-state index contributed by atoms with van der Waals surface area (Å²) in [7, 11) is -0.345. The van der Waals surface area contributed by atoms with Crippen LogP contribution in [0.2, 0.25) is 0 Å². The van der Waals surface area contributed by atoms with E-state index in [2.05, 4.69) is 57.4 Å². The molecule has 1 aromatic carbocycles. The quantitative estimate of drug-likeness (QED) is 0.649. The average Bonchev–Trinajstić information content (AvgIpc) is 2.69. The molecule has 0 bridgehead atoms. The Balaban J connectivity index is 0.000000774. The summed E-state index contributed by atoms with van der Waals surface area (Å²) in [6, 6.07) is 10.1. The Morgan fingerprint density at radius 1 is 1.00 bits per heavy atom. The minimum atomic E-state index is -0.345. The van der Waals surface area contributed by atoms with Gasteiger partial charge < -0.3 is 9.31 Å². The first-order chi connectivity index (χ1) is 9.89. The molecule has 0 aliphatic carbocycles. The van der Waals surface area contributed by atoms with Crippen LogP contribution in [-0.2, 0) is 9.31 Å². The smallest absolute Gasteiger partial charge is 0.399 e. The van der Waals surface area contributed by atoms with Gasteiger partial charge in [-0.3, -0.25) is 4.98 Å². The van der Waals surface area contributed by atoms with Gasteiger partial charge in [0.25, 0.3) is 0 Å². The third-order valence-electron chi connectivity index (χ3n) is 4.14. The van der Waals surface area contributed by atoms with E-state index in [1.165, 1.54) is 0 Å². The summed E-state index contributed by atoms with van der Waals surface area (Å²) in [5, 5.41) is 1.11. The second-order valence-corrected chi connectivity index (χ2v) is 6.05. The summed E-state index contributed by atoms with van der Waals surface area (Å²) >= 11 is 3.53. The first-order valence-electron chi connectivity index (χ1n) is 7.04. The molecule has 21 heavy (non-hydrogen) atoms. The molecule has 1 aromatic heterocycles. The van der Waals surface area contributed by atoms with Crippen molar-refractivity contribution in [2.45, 2.75) is 38.9 Å². The first-order valence-corrected chi connectivity index (χ1v) is 7.94. The highest BCUT2D eigenvalue weighted by molar-refractivity contribution is 7.79. The molecule has 0 spiro atoms. The van der Waals surface area contributed by atoms with Crippen LogP contribution in [0.3, 0.4) is 0 Å². The fourth-order valence-corrected chi connectivity index (χ4v) is 2.20. The van der Waals surface area contributed by atoms with Gasteiger partial charge in [-0.2, -0.15) is 12.6 Å². The van der Waals surface area contributed by atoms with Gasteiger partial charge in [-0.1, -0.05) is 24.3 Å². The number of hydrogen-bond donors (Lipinski definition) is 1. The zero-order chi connectivity index (χ0) is 15.7. The number of benzene rings is 1. The van der Waals surface area contributed by atoms with Crippen molar-refractivity contribution >= 4 is 36.1 Å². The molecule has 0 unspecified atom stereocenters. The highest BCUT2D eigenvalue weighted by Crippen LogP contribution is 2.36. The summed E-state index contributed by atoms with van der Waals surface area (Å²) in [6.45, 7) is 8.23. The van der Waals surface area contributed by atoms with E-state index in [0.29, 0.717) is 0 Å². The molecule has 2 aromatic rings. The predicted molar refractivity (Wildman–Crippen MR) is 92.4 cm³/mol. The van der Waals surface area contributed by atoms with E-state index in [-0.39, 0.29) is 18.3 Å². The van der Waals surface area contributed by atoms with E-state index in [0.717, 1.165) is 16.4 Å². The molecule has 3 rings (SSSR count). The predicted octanol–water partition coefficient (Wildman–Crippen LogP) is 3.08. The molecular formula is C16H22BNO2S. The van der Waals surface area contributed by atoms with Gasteiger partial charge in [0.2, 0.25) is 0 Å². The number of pyridine rings is 1. The minimum absolute atomic E-state index is 0.316. The zero-order valence-electron chi connectivity index (χ0n) is 13.3. The highest BCUT2D eigenvalue weighted by Gasteiger charge is 2.51. The van der Waals surface area contributed by atoms with Crippen LogP contribution in [0, 0.1) is 0 Å². The molecule has 0 radical (unpaired) electrons. The molecule has 112 valence electrons. The lowest BCUT2D eigenvalue weighted by molar-refractivity contribution is 0.00578. The molecule has 1 fully saturated rings. The van der Waals surface area contributed by atoms with E-state index < -0.39 is 0 Å². The Bertz CT molecular complexity index is 614. The van der Waals surface area contributed by atoms with Crippen LogP contribution in [0.15, 0.2) is 36.5 Å². The molecular weight excluding hydrogens is 281 g/mol. The highest BCUT2D eigenvalue weighted by atomic mass is 32.1. The summed E-state index contributed by atoms with van der Waals surface area (Å²) < 4.78 is 12.1. The van der Waals surface area contributed by atoms with Gasteiger partial charge in [-0.15, -0.1) is 0 Å². The van der Waals surface area contributed by atoms with Crippen LogP contribution in [0.4, 0.5) is 0 Å². The van der Waals surface area contributed by atoms with Crippen LogP contribution in [0.5, 0.6) is 0 Å². The fourth-order valence-electron chi connectivity index (χ4n) is 2.20. The minimum Gasteiger partial charge on any atom is -0.399 e. The number of para-hydroxylation sites is 1. The van der Waals surface area contributed by atoms with Crippen molar-refractivity contribution in [2.24, 2.45) is 0 Å². The Morgan fingerprint density at radius 3 is 2.19 bits per heavy atom. The molecule has 2 heterocycles. The van der Waals surface area contributed by atoms with Crippen LogP contribution >= 0.6 is 12.6 Å². The van der Waals surface area contributed by atoms with Crippen molar-refractivity contribution in [1.82, 2.24) is 4.98 Å². The lowest BCUT2D eigenvalue weighted by Crippen LogP contribution is -2.41. The molecule has 0 N–H and O–H groups in total. The molecule has 0 atom stereocenters. The van der Waals surface area contributed by atoms with E-state index in [4.69, 9.17) is 9.31 Å². The van der Waals surface area contributed by atoms with Crippen molar-refractivity contribution in [3.05, 3.63) is 36.5 Å². The number of hydrogen-bond acceptors (Lipinski definition) is 4. The molecule has 0 amide bonds. The second kappa shape index (κ2) is 5.99. The van der Waals surface area contributed by atoms with Gasteiger partial charge in [-0.25, -0.2) is 0 Å². The first kappa shape index (κ1) is 16.3. The number of nitrogens with zero attached hydrogens (tertiary/aromatic N) is 1. The molecule has 1 aliphatic rings. The van der Waals surface area contributed by atoms with Gasteiger partial charge in [0.15, 0.2) is 0 Å². The van der Waals surface area contributed by atoms with Crippen molar-refractivity contribution in [3.8, 4) is 0 Å². The van der Waals surface area contributed by atoms with Crippen molar-refractivity contribution in [2.75, 3.05) is 6.26 Å². The molecule has 3 nitrogen and oxygen atoms in total. The number of rotatable bonds is 1. The fraction of sp³-hybridized carbons (Fsp3) is 0.438. The average molecular weight is 303 g/mol. The monoisotopic (exact) mass is 303 g/mol. The summed E-state index contributed by atoms with van der Waals surface area (Å²) in [4.78, 5) is 4.46. The van der Waals surface area contributed by atoms with Gasteiger partial charge in [0.1, 0.15) is 0 Å². The Morgan fingerprint density at radius 2 is 1.57 bits per heavy atom. The largest absolute Gasteiger partial charge is 0.496 e. The molecule has 0 saturated carbocycles. The van der Waals surface area contributed by atoms with Gasteiger partial charge in [-0.05, 0) is 45.4 Å². The van der Waals surface area contributed by atoms with E-state index >= 15 is 0 Å². The molecule has 1 saturated heterocycles. The molecule has 1 aliphatic heterocycles. The van der Waals surface area contributed by atoms with Gasteiger partial charge in [0.05, 0.1) is 16.7 Å².